The smallest absolute Gasteiger partial charge is 0.153 e. The Morgan fingerprint density at radius 1 is 1.18 bits per heavy atom. The van der Waals surface area contributed by atoms with Crippen LogP contribution in [0.15, 0.2) is 36.4 Å². The first-order valence-electron chi connectivity index (χ1n) is 5.17. The lowest BCUT2D eigenvalue weighted by molar-refractivity contribution is 0.112. The highest BCUT2D eigenvalue weighted by Crippen LogP contribution is 2.36. The summed E-state index contributed by atoms with van der Waals surface area (Å²) in [5.74, 6) is -0.0340. The number of para-hydroxylation sites is 1. The predicted octanol–water partition coefficient (Wildman–Crippen LogP) is 3.83. The van der Waals surface area contributed by atoms with Gasteiger partial charge in [-0.3, -0.25) is 4.79 Å². The molecule has 2 rings (SSSR count). The predicted molar refractivity (Wildman–Crippen MR) is 68.7 cm³/mol. The quantitative estimate of drug-likeness (QED) is 0.818. The third-order valence-electron chi connectivity index (χ3n) is 2.61. The second kappa shape index (κ2) is 4.60. The largest absolute Gasteiger partial charge is 0.507 e. The van der Waals surface area contributed by atoms with Crippen LogP contribution < -0.4 is 0 Å². The van der Waals surface area contributed by atoms with Crippen molar-refractivity contribution in [2.24, 2.45) is 0 Å². The third-order valence-corrected chi connectivity index (χ3v) is 2.92. The van der Waals surface area contributed by atoms with Crippen molar-refractivity contribution in [1.82, 2.24) is 0 Å². The Labute approximate surface area is 104 Å². The van der Waals surface area contributed by atoms with Crippen LogP contribution >= 0.6 is 11.6 Å². The summed E-state index contributed by atoms with van der Waals surface area (Å²) in [6.07, 6.45) is 0.626. The Hall–Kier alpha value is -1.80. The molecule has 3 heteroatoms. The first-order chi connectivity index (χ1) is 8.13. The van der Waals surface area contributed by atoms with Gasteiger partial charge >= 0.3 is 0 Å². The number of aryl methyl sites for hydroxylation is 1. The van der Waals surface area contributed by atoms with Crippen LogP contribution in [0.25, 0.3) is 11.1 Å². The number of aromatic hydroxyl groups is 1. The Morgan fingerprint density at radius 3 is 2.59 bits per heavy atom. The van der Waals surface area contributed by atoms with Gasteiger partial charge in [0, 0.05) is 16.1 Å². The summed E-state index contributed by atoms with van der Waals surface area (Å²) >= 11 is 6.13. The Morgan fingerprint density at radius 2 is 1.94 bits per heavy atom. The van der Waals surface area contributed by atoms with Crippen molar-refractivity contribution < 1.29 is 9.90 Å². The van der Waals surface area contributed by atoms with Crippen LogP contribution in [0.4, 0.5) is 0 Å². The number of phenolic OH excluding ortho intramolecular Hbond substituents is 1. The van der Waals surface area contributed by atoms with E-state index in [0.29, 0.717) is 16.9 Å². The summed E-state index contributed by atoms with van der Waals surface area (Å²) in [5, 5.41) is 10.5. The van der Waals surface area contributed by atoms with Crippen molar-refractivity contribution in [3.8, 4) is 16.9 Å². The van der Waals surface area contributed by atoms with Crippen molar-refractivity contribution in [2.75, 3.05) is 0 Å². The Kier molecular flexibility index (Phi) is 3.16. The molecule has 0 radical (unpaired) electrons. The van der Waals surface area contributed by atoms with Crippen LogP contribution in [-0.4, -0.2) is 11.4 Å². The first kappa shape index (κ1) is 11.7. The van der Waals surface area contributed by atoms with E-state index in [1.807, 2.05) is 25.1 Å². The van der Waals surface area contributed by atoms with Crippen molar-refractivity contribution in [2.45, 2.75) is 6.92 Å². The third kappa shape index (κ3) is 2.17. The molecule has 0 amide bonds. The van der Waals surface area contributed by atoms with E-state index < -0.39 is 0 Å². The number of phenols is 1. The van der Waals surface area contributed by atoms with Crippen LogP contribution in [0.2, 0.25) is 5.02 Å². The minimum atomic E-state index is -0.0340. The number of hydrogen-bond acceptors (Lipinski definition) is 2. The van der Waals surface area contributed by atoms with Gasteiger partial charge in [0.05, 0.1) is 5.56 Å². The van der Waals surface area contributed by atoms with Gasteiger partial charge in [-0.2, -0.15) is 0 Å². The number of aldehydes is 1. The lowest BCUT2D eigenvalue weighted by Gasteiger charge is -2.09. The molecule has 0 aliphatic rings. The summed E-state index contributed by atoms with van der Waals surface area (Å²) in [6.45, 7) is 1.94. The van der Waals surface area contributed by atoms with Crippen molar-refractivity contribution in [3.05, 3.63) is 52.5 Å². The van der Waals surface area contributed by atoms with E-state index in [1.165, 1.54) is 0 Å². The van der Waals surface area contributed by atoms with Gasteiger partial charge in [0.1, 0.15) is 5.75 Å². The fourth-order valence-electron chi connectivity index (χ4n) is 1.71. The second-order valence-electron chi connectivity index (χ2n) is 3.84. The fourth-order valence-corrected chi connectivity index (χ4v) is 2.05. The van der Waals surface area contributed by atoms with Crippen LogP contribution in [0.3, 0.4) is 0 Å². The highest BCUT2D eigenvalue weighted by molar-refractivity contribution is 6.33. The lowest BCUT2D eigenvalue weighted by Crippen LogP contribution is -1.87. The molecule has 0 aliphatic carbocycles. The van der Waals surface area contributed by atoms with Gasteiger partial charge in [0.2, 0.25) is 0 Å². The van der Waals surface area contributed by atoms with E-state index in [4.69, 9.17) is 11.6 Å². The Bertz CT molecular complexity index is 576. The molecule has 0 aromatic heterocycles. The number of carbonyl (C=O) groups is 1. The van der Waals surface area contributed by atoms with Crippen molar-refractivity contribution in [1.29, 1.82) is 0 Å². The summed E-state index contributed by atoms with van der Waals surface area (Å²) in [5.41, 5.74) is 2.60. The molecule has 0 fully saturated rings. The van der Waals surface area contributed by atoms with E-state index in [2.05, 4.69) is 0 Å². The fraction of sp³-hybridized carbons (Fsp3) is 0.0714. The average Bonchev–Trinajstić information content (AvgIpc) is 2.30. The zero-order valence-corrected chi connectivity index (χ0v) is 10.0. The second-order valence-corrected chi connectivity index (χ2v) is 4.25. The minimum Gasteiger partial charge on any atom is -0.507 e. The van der Waals surface area contributed by atoms with E-state index in [1.54, 1.807) is 18.2 Å². The molecule has 17 heavy (non-hydrogen) atoms. The normalized spacial score (nSPS) is 10.2. The standard InChI is InChI=1S/C14H11ClO2/c1-9-5-6-11(13(15)7-9)12-4-2-3-10(8-16)14(12)17/h2-8,17H,1H3. The highest BCUT2D eigenvalue weighted by atomic mass is 35.5. The maximum absolute atomic E-state index is 10.8. The average molecular weight is 247 g/mol. The van der Waals surface area contributed by atoms with E-state index >= 15 is 0 Å². The molecule has 0 heterocycles. The molecule has 0 aliphatic heterocycles. The van der Waals surface area contributed by atoms with E-state index in [0.717, 1.165) is 11.1 Å². The maximum atomic E-state index is 10.8. The molecule has 2 aromatic carbocycles. The summed E-state index contributed by atoms with van der Waals surface area (Å²) in [7, 11) is 0. The number of hydrogen-bond donors (Lipinski definition) is 1. The molecular formula is C14H11ClO2. The monoisotopic (exact) mass is 246 g/mol. The summed E-state index contributed by atoms with van der Waals surface area (Å²) in [4.78, 5) is 10.8. The molecule has 2 nitrogen and oxygen atoms in total. The lowest BCUT2D eigenvalue weighted by atomic mass is 10.0. The summed E-state index contributed by atoms with van der Waals surface area (Å²) < 4.78 is 0. The molecule has 0 bridgehead atoms. The number of carbonyl (C=O) groups excluding carboxylic acids is 1. The van der Waals surface area contributed by atoms with Gasteiger partial charge in [-0.1, -0.05) is 35.9 Å². The van der Waals surface area contributed by atoms with Crippen LogP contribution in [0.1, 0.15) is 15.9 Å². The van der Waals surface area contributed by atoms with Gasteiger partial charge in [-0.05, 0) is 24.6 Å². The van der Waals surface area contributed by atoms with Gasteiger partial charge in [-0.25, -0.2) is 0 Å². The number of benzene rings is 2. The number of halogens is 1. The van der Waals surface area contributed by atoms with Crippen LogP contribution in [-0.2, 0) is 0 Å². The van der Waals surface area contributed by atoms with E-state index in [-0.39, 0.29) is 11.3 Å². The minimum absolute atomic E-state index is 0.0340. The van der Waals surface area contributed by atoms with Crippen molar-refractivity contribution >= 4 is 17.9 Å². The van der Waals surface area contributed by atoms with Gasteiger partial charge in [0.15, 0.2) is 6.29 Å². The molecule has 0 saturated heterocycles. The molecule has 0 spiro atoms. The topological polar surface area (TPSA) is 37.3 Å². The zero-order chi connectivity index (χ0) is 12.4. The van der Waals surface area contributed by atoms with Gasteiger partial charge in [0.25, 0.3) is 0 Å². The van der Waals surface area contributed by atoms with Crippen molar-refractivity contribution in [3.63, 3.8) is 0 Å². The SMILES string of the molecule is Cc1ccc(-c2cccc(C=O)c2O)c(Cl)c1. The first-order valence-corrected chi connectivity index (χ1v) is 5.55. The zero-order valence-electron chi connectivity index (χ0n) is 9.27. The highest BCUT2D eigenvalue weighted by Gasteiger charge is 2.11. The molecule has 86 valence electrons. The molecule has 0 atom stereocenters. The van der Waals surface area contributed by atoms with Crippen LogP contribution in [0.5, 0.6) is 5.75 Å². The molecule has 1 N–H and O–H groups in total. The van der Waals surface area contributed by atoms with E-state index in [9.17, 15) is 9.90 Å². The molecular weight excluding hydrogens is 236 g/mol. The summed E-state index contributed by atoms with van der Waals surface area (Å²) in [6, 6.07) is 10.6. The Balaban J connectivity index is 2.64. The van der Waals surface area contributed by atoms with Crippen LogP contribution in [0, 0.1) is 6.92 Å². The number of rotatable bonds is 2. The molecule has 2 aromatic rings. The molecule has 0 saturated carbocycles. The van der Waals surface area contributed by atoms with Gasteiger partial charge < -0.3 is 5.11 Å². The molecule has 0 unspecified atom stereocenters. The van der Waals surface area contributed by atoms with Gasteiger partial charge in [-0.15, -0.1) is 0 Å². The maximum Gasteiger partial charge on any atom is 0.153 e.